The minimum atomic E-state index is 0.868. The Hall–Kier alpha value is -2.24. The number of anilines is 1. The molecule has 2 aromatic heterocycles. The van der Waals surface area contributed by atoms with Gasteiger partial charge in [0.15, 0.2) is 0 Å². The summed E-state index contributed by atoms with van der Waals surface area (Å²) in [6.45, 7) is 11.5. The summed E-state index contributed by atoms with van der Waals surface area (Å²) >= 11 is 1.78. The van der Waals surface area contributed by atoms with Crippen LogP contribution in [-0.4, -0.2) is 47.6 Å². The highest BCUT2D eigenvalue weighted by atomic mass is 32.1. The maximum atomic E-state index is 4.82. The first kappa shape index (κ1) is 18.1. The predicted octanol–water partition coefficient (Wildman–Crippen LogP) is 4.45. The Morgan fingerprint density at radius 1 is 1.00 bits per heavy atom. The Morgan fingerprint density at radius 2 is 1.74 bits per heavy atom. The highest BCUT2D eigenvalue weighted by molar-refractivity contribution is 7.18. The number of aryl methyl sites for hydroxylation is 3. The van der Waals surface area contributed by atoms with Gasteiger partial charge >= 0.3 is 0 Å². The third-order valence-electron chi connectivity index (χ3n) is 5.27. The van der Waals surface area contributed by atoms with E-state index in [-0.39, 0.29) is 0 Å². The van der Waals surface area contributed by atoms with Crippen LogP contribution in [0.1, 0.15) is 21.8 Å². The van der Waals surface area contributed by atoms with Crippen molar-refractivity contribution in [3.05, 3.63) is 58.2 Å². The molecule has 27 heavy (non-hydrogen) atoms. The number of aromatic nitrogens is 2. The number of benzene rings is 1. The highest BCUT2D eigenvalue weighted by Crippen LogP contribution is 2.35. The molecule has 4 rings (SSSR count). The third-order valence-corrected chi connectivity index (χ3v) is 6.37. The van der Waals surface area contributed by atoms with Gasteiger partial charge in [-0.1, -0.05) is 42.5 Å². The fourth-order valence-corrected chi connectivity index (χ4v) is 4.67. The average molecular weight is 379 g/mol. The van der Waals surface area contributed by atoms with E-state index in [1.807, 2.05) is 6.92 Å². The number of hydrogen-bond donors (Lipinski definition) is 0. The first-order chi connectivity index (χ1) is 13.1. The van der Waals surface area contributed by atoms with Crippen LogP contribution in [0.15, 0.2) is 36.4 Å². The Bertz CT molecular complexity index is 953. The van der Waals surface area contributed by atoms with Crippen LogP contribution >= 0.6 is 11.3 Å². The fourth-order valence-electron chi connectivity index (χ4n) is 3.61. The summed E-state index contributed by atoms with van der Waals surface area (Å²) in [5.74, 6) is 1.99. The van der Waals surface area contributed by atoms with Crippen LogP contribution in [0.5, 0.6) is 0 Å². The Balaban J connectivity index is 1.44. The predicted molar refractivity (Wildman–Crippen MR) is 116 cm³/mol. The van der Waals surface area contributed by atoms with Crippen LogP contribution in [0.2, 0.25) is 0 Å². The molecule has 1 aromatic carbocycles. The number of rotatable bonds is 4. The van der Waals surface area contributed by atoms with E-state index in [2.05, 4.69) is 71.1 Å². The minimum absolute atomic E-state index is 0.868. The fraction of sp³-hybridized carbons (Fsp3) is 0.364. The van der Waals surface area contributed by atoms with Gasteiger partial charge in [0.25, 0.3) is 0 Å². The summed E-state index contributed by atoms with van der Waals surface area (Å²) in [6.07, 6.45) is 4.48. The summed E-state index contributed by atoms with van der Waals surface area (Å²) < 4.78 is 0. The molecule has 0 bridgehead atoms. The van der Waals surface area contributed by atoms with E-state index in [0.29, 0.717) is 0 Å². The first-order valence-corrected chi connectivity index (χ1v) is 10.4. The lowest BCUT2D eigenvalue weighted by Gasteiger charge is -2.35. The van der Waals surface area contributed by atoms with Crippen molar-refractivity contribution in [2.75, 3.05) is 37.6 Å². The molecule has 0 aliphatic carbocycles. The monoisotopic (exact) mass is 378 g/mol. The van der Waals surface area contributed by atoms with Gasteiger partial charge in [-0.3, -0.25) is 4.90 Å². The van der Waals surface area contributed by atoms with E-state index in [1.54, 1.807) is 11.3 Å². The molecule has 0 saturated carbocycles. The second kappa shape index (κ2) is 7.79. The van der Waals surface area contributed by atoms with Gasteiger partial charge in [-0.05, 0) is 31.9 Å². The van der Waals surface area contributed by atoms with Crippen LogP contribution in [-0.2, 0) is 0 Å². The molecule has 0 amide bonds. The van der Waals surface area contributed by atoms with Crippen LogP contribution in [0.25, 0.3) is 16.3 Å². The normalized spacial score (nSPS) is 15.9. The second-order valence-corrected chi connectivity index (χ2v) is 8.36. The van der Waals surface area contributed by atoms with Crippen molar-refractivity contribution in [1.29, 1.82) is 0 Å². The quantitative estimate of drug-likeness (QED) is 0.671. The van der Waals surface area contributed by atoms with Crippen molar-refractivity contribution in [3.8, 4) is 0 Å². The number of thiophene rings is 1. The SMILES string of the molecule is Cc1nc(N2CCN(C/C=C/c3ccccc3)CC2)c2c(C)c(C)sc2n1. The van der Waals surface area contributed by atoms with E-state index >= 15 is 0 Å². The number of fused-ring (bicyclic) bond motifs is 1. The minimum Gasteiger partial charge on any atom is -0.353 e. The smallest absolute Gasteiger partial charge is 0.141 e. The van der Waals surface area contributed by atoms with Crippen LogP contribution < -0.4 is 4.90 Å². The van der Waals surface area contributed by atoms with Gasteiger partial charge in [0.2, 0.25) is 0 Å². The number of nitrogens with zero attached hydrogens (tertiary/aromatic N) is 4. The maximum Gasteiger partial charge on any atom is 0.141 e. The van der Waals surface area contributed by atoms with Gasteiger partial charge in [0, 0.05) is 37.6 Å². The number of hydrogen-bond acceptors (Lipinski definition) is 5. The topological polar surface area (TPSA) is 32.3 Å². The van der Waals surface area contributed by atoms with Crippen LogP contribution in [0.3, 0.4) is 0 Å². The lowest BCUT2D eigenvalue weighted by molar-refractivity contribution is 0.284. The van der Waals surface area contributed by atoms with Crippen molar-refractivity contribution in [3.63, 3.8) is 0 Å². The van der Waals surface area contributed by atoms with Gasteiger partial charge in [0.05, 0.1) is 5.39 Å². The molecule has 3 aromatic rings. The molecule has 0 spiro atoms. The van der Waals surface area contributed by atoms with Gasteiger partial charge in [-0.15, -0.1) is 11.3 Å². The van der Waals surface area contributed by atoms with E-state index in [4.69, 9.17) is 4.98 Å². The molecule has 4 nitrogen and oxygen atoms in total. The molecule has 1 saturated heterocycles. The average Bonchev–Trinajstić information content (AvgIpc) is 2.96. The molecule has 140 valence electrons. The van der Waals surface area contributed by atoms with Gasteiger partial charge in [0.1, 0.15) is 16.5 Å². The van der Waals surface area contributed by atoms with E-state index < -0.39 is 0 Å². The zero-order valence-electron chi connectivity index (χ0n) is 16.3. The van der Waals surface area contributed by atoms with Crippen molar-refractivity contribution in [1.82, 2.24) is 14.9 Å². The van der Waals surface area contributed by atoms with Crippen molar-refractivity contribution in [2.24, 2.45) is 0 Å². The summed E-state index contributed by atoms with van der Waals surface area (Å²) in [6, 6.07) is 10.5. The third kappa shape index (κ3) is 3.89. The van der Waals surface area contributed by atoms with E-state index in [0.717, 1.165) is 49.2 Å². The zero-order chi connectivity index (χ0) is 18.8. The lowest BCUT2D eigenvalue weighted by Crippen LogP contribution is -2.46. The maximum absolute atomic E-state index is 4.82. The molecular weight excluding hydrogens is 352 g/mol. The molecule has 3 heterocycles. The Kier molecular flexibility index (Phi) is 5.23. The van der Waals surface area contributed by atoms with E-state index in [1.165, 1.54) is 21.4 Å². The summed E-state index contributed by atoms with van der Waals surface area (Å²) in [5, 5.41) is 1.25. The summed E-state index contributed by atoms with van der Waals surface area (Å²) in [4.78, 5) is 16.9. The van der Waals surface area contributed by atoms with E-state index in [9.17, 15) is 0 Å². The Morgan fingerprint density at radius 3 is 2.48 bits per heavy atom. The molecule has 1 aliphatic heterocycles. The van der Waals surface area contributed by atoms with Crippen molar-refractivity contribution >= 4 is 33.4 Å². The molecular formula is C22H26N4S. The molecule has 0 unspecified atom stereocenters. The molecule has 1 aliphatic rings. The standard InChI is InChI=1S/C22H26N4S/c1-16-17(2)27-22-20(16)21(23-18(3)24-22)26-14-12-25(13-15-26)11-7-10-19-8-5-4-6-9-19/h4-10H,11-15H2,1-3H3/b10-7+. The molecule has 0 N–H and O–H groups in total. The van der Waals surface area contributed by atoms with Crippen molar-refractivity contribution in [2.45, 2.75) is 20.8 Å². The lowest BCUT2D eigenvalue weighted by atomic mass is 10.2. The summed E-state index contributed by atoms with van der Waals surface area (Å²) in [7, 11) is 0. The van der Waals surface area contributed by atoms with Gasteiger partial charge in [-0.25, -0.2) is 9.97 Å². The van der Waals surface area contributed by atoms with Crippen molar-refractivity contribution < 1.29 is 0 Å². The number of piperazine rings is 1. The van der Waals surface area contributed by atoms with Crippen LogP contribution in [0, 0.1) is 20.8 Å². The zero-order valence-corrected chi connectivity index (χ0v) is 17.1. The van der Waals surface area contributed by atoms with Gasteiger partial charge in [-0.2, -0.15) is 0 Å². The molecule has 0 atom stereocenters. The van der Waals surface area contributed by atoms with Crippen LogP contribution in [0.4, 0.5) is 5.82 Å². The summed E-state index contributed by atoms with van der Waals surface area (Å²) in [5.41, 5.74) is 2.59. The first-order valence-electron chi connectivity index (χ1n) is 9.55. The molecule has 0 radical (unpaired) electrons. The Labute approximate surface area is 165 Å². The highest BCUT2D eigenvalue weighted by Gasteiger charge is 2.22. The molecule has 1 fully saturated rings. The van der Waals surface area contributed by atoms with Gasteiger partial charge < -0.3 is 4.90 Å². The second-order valence-electron chi connectivity index (χ2n) is 7.16. The molecule has 5 heteroatoms. The largest absolute Gasteiger partial charge is 0.353 e.